The number of thioether (sulfide) groups is 1. The van der Waals surface area contributed by atoms with Crippen LogP contribution in [0.2, 0.25) is 0 Å². The third-order valence-corrected chi connectivity index (χ3v) is 7.25. The lowest BCUT2D eigenvalue weighted by atomic mass is 9.88. The molecule has 0 aromatic carbocycles. The lowest BCUT2D eigenvalue weighted by molar-refractivity contribution is -0.128. The average molecular weight is 410 g/mol. The van der Waals surface area contributed by atoms with Gasteiger partial charge in [-0.1, -0.05) is 43.6 Å². The zero-order chi connectivity index (χ0) is 20.7. The van der Waals surface area contributed by atoms with Crippen LogP contribution in [0.1, 0.15) is 58.8 Å². The molecule has 5 atom stereocenters. The highest BCUT2D eigenvalue weighted by atomic mass is 32.2. The van der Waals surface area contributed by atoms with E-state index in [1.165, 1.54) is 5.57 Å². The molecule has 1 amide bonds. The third kappa shape index (κ3) is 6.93. The minimum Gasteiger partial charge on any atom is -0.392 e. The van der Waals surface area contributed by atoms with Gasteiger partial charge >= 0.3 is 0 Å². The van der Waals surface area contributed by atoms with E-state index in [4.69, 9.17) is 0 Å². The highest BCUT2D eigenvalue weighted by Gasteiger charge is 2.43. The number of hydrogen-bond donors (Lipinski definition) is 2. The second kappa shape index (κ2) is 10.8. The topological polar surface area (TPSA) is 60.8 Å². The van der Waals surface area contributed by atoms with Crippen molar-refractivity contribution in [2.75, 3.05) is 25.6 Å². The summed E-state index contributed by atoms with van der Waals surface area (Å²) in [5.74, 6) is 3.21. The van der Waals surface area contributed by atoms with E-state index in [0.29, 0.717) is 24.7 Å². The normalized spacial score (nSPS) is 29.0. The summed E-state index contributed by atoms with van der Waals surface area (Å²) >= 11 is 1.84. The van der Waals surface area contributed by atoms with Crippen LogP contribution < -0.4 is 0 Å². The van der Waals surface area contributed by atoms with Gasteiger partial charge < -0.3 is 15.1 Å². The molecule has 2 aliphatic rings. The molecule has 0 spiro atoms. The fourth-order valence-electron chi connectivity index (χ4n) is 4.44. The summed E-state index contributed by atoms with van der Waals surface area (Å²) in [5.41, 5.74) is 0.826. The van der Waals surface area contributed by atoms with Crippen LogP contribution in [0, 0.1) is 17.8 Å². The molecule has 160 valence electrons. The third-order valence-electron chi connectivity index (χ3n) is 6.18. The molecule has 0 bridgehead atoms. The molecule has 2 aliphatic carbocycles. The zero-order valence-electron chi connectivity index (χ0n) is 18.1. The Labute approximate surface area is 175 Å². The van der Waals surface area contributed by atoms with Crippen LogP contribution in [0.25, 0.3) is 0 Å². The van der Waals surface area contributed by atoms with Gasteiger partial charge in [-0.25, -0.2) is 0 Å². The molecule has 0 aromatic rings. The second-order valence-corrected chi connectivity index (χ2v) is 10.2. The first-order valence-electron chi connectivity index (χ1n) is 10.8. The summed E-state index contributed by atoms with van der Waals surface area (Å²) in [6.07, 6.45) is 12.5. The first-order valence-corrected chi connectivity index (χ1v) is 11.9. The minimum atomic E-state index is -0.644. The van der Waals surface area contributed by atoms with Crippen molar-refractivity contribution in [3.63, 3.8) is 0 Å². The van der Waals surface area contributed by atoms with Gasteiger partial charge in [-0.2, -0.15) is 11.8 Å². The van der Waals surface area contributed by atoms with Crippen molar-refractivity contribution >= 4 is 17.7 Å². The molecule has 1 saturated carbocycles. The maximum Gasteiger partial charge on any atom is 0.222 e. The van der Waals surface area contributed by atoms with E-state index in [0.717, 1.165) is 43.6 Å². The molecule has 4 nitrogen and oxygen atoms in total. The number of nitrogens with zero attached hydrogens (tertiary/aromatic N) is 1. The minimum absolute atomic E-state index is 0.188. The van der Waals surface area contributed by atoms with Crippen LogP contribution in [0.4, 0.5) is 0 Å². The quantitative estimate of drug-likeness (QED) is 0.400. The number of carbonyl (C=O) groups is 1. The molecule has 1 fully saturated rings. The molecular formula is C23H39NO3S. The highest BCUT2D eigenvalue weighted by molar-refractivity contribution is 7.99. The van der Waals surface area contributed by atoms with E-state index in [2.05, 4.69) is 25.2 Å². The molecule has 0 aromatic heterocycles. The van der Waals surface area contributed by atoms with Crippen molar-refractivity contribution in [3.05, 3.63) is 23.8 Å². The standard InChI is InChI=1S/C23H39NO3S/c1-5-6-10-23(2,27)11-7-8-19-20-14-17(13-18(20)15-21(19)25)16-28-12-9-22(26)24(3)4/h7-8,13,18-21,25,27H,5-6,9-12,14-16H2,1-4H3/b8-7+/t18-,19+,20-,21+,23-/m0/s1. The summed E-state index contributed by atoms with van der Waals surface area (Å²) in [6, 6.07) is 0. The van der Waals surface area contributed by atoms with Crippen LogP contribution in [0.3, 0.4) is 0 Å². The van der Waals surface area contributed by atoms with E-state index in [1.807, 2.05) is 18.7 Å². The number of carbonyl (C=O) groups excluding carboxylic acids is 1. The van der Waals surface area contributed by atoms with E-state index in [1.54, 1.807) is 19.0 Å². The number of amides is 1. The van der Waals surface area contributed by atoms with E-state index in [-0.39, 0.29) is 17.9 Å². The maximum atomic E-state index is 11.7. The van der Waals surface area contributed by atoms with Crippen molar-refractivity contribution in [1.82, 2.24) is 4.90 Å². The molecule has 0 radical (unpaired) electrons. The maximum absolute atomic E-state index is 11.7. The van der Waals surface area contributed by atoms with Crippen LogP contribution in [-0.2, 0) is 4.79 Å². The molecule has 2 N–H and O–H groups in total. The summed E-state index contributed by atoms with van der Waals surface area (Å²) in [7, 11) is 3.60. The number of aliphatic hydroxyl groups is 2. The number of unbranched alkanes of at least 4 members (excludes halogenated alkanes) is 1. The van der Waals surface area contributed by atoms with Crippen LogP contribution in [-0.4, -0.2) is 58.3 Å². The lowest BCUT2D eigenvalue weighted by Crippen LogP contribution is -2.23. The first-order chi connectivity index (χ1) is 13.2. The van der Waals surface area contributed by atoms with Gasteiger partial charge in [-0.15, -0.1) is 0 Å². The Morgan fingerprint density at radius 1 is 1.43 bits per heavy atom. The number of allylic oxidation sites excluding steroid dienone is 1. The first kappa shape index (κ1) is 23.5. The number of hydrogen-bond acceptors (Lipinski definition) is 4. The fraction of sp³-hybridized carbons (Fsp3) is 0.783. The Hall–Kier alpha value is -0.780. The second-order valence-electron chi connectivity index (χ2n) is 9.06. The van der Waals surface area contributed by atoms with Gasteiger partial charge in [-0.05, 0) is 44.4 Å². The number of aliphatic hydroxyl groups excluding tert-OH is 1. The Balaban J connectivity index is 1.78. The van der Waals surface area contributed by atoms with Gasteiger partial charge in [-0.3, -0.25) is 4.79 Å². The Morgan fingerprint density at radius 2 is 2.18 bits per heavy atom. The summed E-state index contributed by atoms with van der Waals surface area (Å²) in [5, 5.41) is 20.9. The van der Waals surface area contributed by atoms with Gasteiger partial charge in [0.1, 0.15) is 0 Å². The molecule has 28 heavy (non-hydrogen) atoms. The van der Waals surface area contributed by atoms with Gasteiger partial charge in [0, 0.05) is 37.9 Å². The predicted octanol–water partition coefficient (Wildman–Crippen LogP) is 4.03. The molecule has 5 heteroatoms. The summed E-state index contributed by atoms with van der Waals surface area (Å²) in [6.45, 7) is 4.05. The smallest absolute Gasteiger partial charge is 0.222 e. The van der Waals surface area contributed by atoms with E-state index in [9.17, 15) is 15.0 Å². The Bertz CT molecular complexity index is 570. The van der Waals surface area contributed by atoms with Gasteiger partial charge in [0.05, 0.1) is 11.7 Å². The summed E-state index contributed by atoms with van der Waals surface area (Å²) < 4.78 is 0. The van der Waals surface area contributed by atoms with E-state index >= 15 is 0 Å². The molecule has 0 unspecified atom stereocenters. The SMILES string of the molecule is CCCC[C@](C)(O)C/C=C/[C@@H]1[C@H]2CC(CSCCC(=O)N(C)C)=C[C@H]2C[C@H]1O. The fourth-order valence-corrected chi connectivity index (χ4v) is 5.38. The number of rotatable bonds is 11. The van der Waals surface area contributed by atoms with Gasteiger partial charge in [0.25, 0.3) is 0 Å². The average Bonchev–Trinajstić information content (AvgIpc) is 3.14. The molecule has 2 rings (SSSR count). The van der Waals surface area contributed by atoms with Crippen molar-refractivity contribution in [2.45, 2.75) is 70.5 Å². The zero-order valence-corrected chi connectivity index (χ0v) is 18.9. The van der Waals surface area contributed by atoms with E-state index < -0.39 is 5.60 Å². The predicted molar refractivity (Wildman–Crippen MR) is 118 cm³/mol. The van der Waals surface area contributed by atoms with Gasteiger partial charge in [0.2, 0.25) is 5.91 Å². The van der Waals surface area contributed by atoms with Crippen LogP contribution >= 0.6 is 11.8 Å². The lowest BCUT2D eigenvalue weighted by Gasteiger charge is -2.22. The Morgan fingerprint density at radius 3 is 2.86 bits per heavy atom. The van der Waals surface area contributed by atoms with Crippen molar-refractivity contribution in [1.29, 1.82) is 0 Å². The highest BCUT2D eigenvalue weighted by Crippen LogP contribution is 2.47. The van der Waals surface area contributed by atoms with Crippen LogP contribution in [0.5, 0.6) is 0 Å². The molecular weight excluding hydrogens is 370 g/mol. The molecule has 0 heterocycles. The Kier molecular flexibility index (Phi) is 9.10. The molecule has 0 saturated heterocycles. The van der Waals surface area contributed by atoms with Crippen molar-refractivity contribution < 1.29 is 15.0 Å². The summed E-state index contributed by atoms with van der Waals surface area (Å²) in [4.78, 5) is 13.3. The van der Waals surface area contributed by atoms with Crippen molar-refractivity contribution in [2.24, 2.45) is 17.8 Å². The largest absolute Gasteiger partial charge is 0.392 e. The van der Waals surface area contributed by atoms with Crippen molar-refractivity contribution in [3.8, 4) is 0 Å². The monoisotopic (exact) mass is 409 g/mol. The number of fused-ring (bicyclic) bond motifs is 1. The van der Waals surface area contributed by atoms with Crippen LogP contribution in [0.15, 0.2) is 23.8 Å². The molecule has 0 aliphatic heterocycles. The van der Waals surface area contributed by atoms with Gasteiger partial charge in [0.15, 0.2) is 0 Å².